The lowest BCUT2D eigenvalue weighted by molar-refractivity contribution is 0.168. The van der Waals surface area contributed by atoms with Gasteiger partial charge in [0.15, 0.2) is 0 Å². The van der Waals surface area contributed by atoms with Gasteiger partial charge in [-0.3, -0.25) is 4.90 Å². The van der Waals surface area contributed by atoms with Gasteiger partial charge in [-0.05, 0) is 50.0 Å². The Morgan fingerprint density at radius 1 is 1.30 bits per heavy atom. The quantitative estimate of drug-likeness (QED) is 0.783. The molecule has 0 atom stereocenters. The van der Waals surface area contributed by atoms with Crippen LogP contribution in [-0.4, -0.2) is 44.8 Å². The molecule has 112 valence electrons. The Hall–Kier alpha value is -0.610. The lowest BCUT2D eigenvalue weighted by atomic mass is 9.96. The fourth-order valence-corrected chi connectivity index (χ4v) is 2.89. The molecule has 1 fully saturated rings. The van der Waals surface area contributed by atoms with Crippen molar-refractivity contribution < 1.29 is 4.74 Å². The Morgan fingerprint density at radius 2 is 2.05 bits per heavy atom. The van der Waals surface area contributed by atoms with Crippen molar-refractivity contribution in [3.8, 4) is 0 Å². The summed E-state index contributed by atoms with van der Waals surface area (Å²) in [5, 5.41) is 4.35. The molecular weight excluding hydrogens is 272 g/mol. The van der Waals surface area contributed by atoms with Crippen LogP contribution in [0.25, 0.3) is 0 Å². The average Bonchev–Trinajstić information content (AvgIpc) is 2.48. The molecule has 2 rings (SSSR count). The van der Waals surface area contributed by atoms with Crippen LogP contribution in [0.3, 0.4) is 0 Å². The van der Waals surface area contributed by atoms with Gasteiger partial charge in [-0.25, -0.2) is 0 Å². The molecule has 4 heteroatoms. The number of nitrogens with zero attached hydrogens (tertiary/aromatic N) is 1. The Kier molecular flexibility index (Phi) is 6.80. The summed E-state index contributed by atoms with van der Waals surface area (Å²) in [7, 11) is 1.74. The van der Waals surface area contributed by atoms with Gasteiger partial charge < -0.3 is 10.1 Å². The van der Waals surface area contributed by atoms with Crippen molar-refractivity contribution in [2.75, 3.05) is 39.9 Å². The van der Waals surface area contributed by atoms with E-state index in [1.807, 2.05) is 12.1 Å². The van der Waals surface area contributed by atoms with Gasteiger partial charge in [0.05, 0.1) is 6.61 Å². The molecule has 1 heterocycles. The second kappa shape index (κ2) is 8.63. The summed E-state index contributed by atoms with van der Waals surface area (Å²) < 4.78 is 5.04. The minimum atomic E-state index is 0.797. The normalized spacial score (nSPS) is 17.5. The van der Waals surface area contributed by atoms with Gasteiger partial charge >= 0.3 is 0 Å². The first kappa shape index (κ1) is 15.8. The molecular formula is C16H25ClN2O. The average molecular weight is 297 g/mol. The highest BCUT2D eigenvalue weighted by molar-refractivity contribution is 6.31. The molecule has 0 aliphatic carbocycles. The van der Waals surface area contributed by atoms with Gasteiger partial charge in [0.1, 0.15) is 0 Å². The van der Waals surface area contributed by atoms with Crippen molar-refractivity contribution in [1.29, 1.82) is 0 Å². The molecule has 1 aromatic rings. The third kappa shape index (κ3) is 5.06. The summed E-state index contributed by atoms with van der Waals surface area (Å²) in [5.41, 5.74) is 1.24. The van der Waals surface area contributed by atoms with E-state index in [0.717, 1.165) is 37.2 Å². The maximum atomic E-state index is 6.22. The first-order valence-corrected chi connectivity index (χ1v) is 7.83. The molecule has 1 N–H and O–H groups in total. The van der Waals surface area contributed by atoms with E-state index < -0.39 is 0 Å². The summed E-state index contributed by atoms with van der Waals surface area (Å²) in [6.07, 6.45) is 2.54. The zero-order valence-electron chi connectivity index (χ0n) is 12.3. The van der Waals surface area contributed by atoms with Crippen LogP contribution in [0.2, 0.25) is 5.02 Å². The molecule has 1 saturated heterocycles. The predicted octanol–water partition coefficient (Wildman–Crippen LogP) is 2.79. The molecule has 1 aromatic carbocycles. The van der Waals surface area contributed by atoms with Gasteiger partial charge in [-0.15, -0.1) is 0 Å². The summed E-state index contributed by atoms with van der Waals surface area (Å²) in [6, 6.07) is 8.15. The van der Waals surface area contributed by atoms with E-state index in [-0.39, 0.29) is 0 Å². The van der Waals surface area contributed by atoms with E-state index in [4.69, 9.17) is 16.3 Å². The molecule has 0 bridgehead atoms. The third-order valence-electron chi connectivity index (χ3n) is 3.97. The van der Waals surface area contributed by atoms with Crippen molar-refractivity contribution >= 4 is 11.6 Å². The van der Waals surface area contributed by atoms with E-state index >= 15 is 0 Å². The number of nitrogens with one attached hydrogen (secondary N) is 1. The standard InChI is InChI=1S/C16H25ClN2O/c1-20-11-8-18-12-14-6-9-19(10-7-14)13-15-4-2-3-5-16(15)17/h2-5,14,18H,6-13H2,1H3. The van der Waals surface area contributed by atoms with Crippen LogP contribution in [0.1, 0.15) is 18.4 Å². The molecule has 0 amide bonds. The Labute approximate surface area is 127 Å². The molecule has 0 spiro atoms. The van der Waals surface area contributed by atoms with Crippen LogP contribution < -0.4 is 5.32 Å². The van der Waals surface area contributed by atoms with E-state index in [9.17, 15) is 0 Å². The zero-order chi connectivity index (χ0) is 14.2. The molecule has 1 aliphatic rings. The molecule has 0 radical (unpaired) electrons. The lowest BCUT2D eigenvalue weighted by Crippen LogP contribution is -2.37. The Bertz CT molecular complexity index is 392. The van der Waals surface area contributed by atoms with Crippen molar-refractivity contribution in [3.05, 3.63) is 34.9 Å². The molecule has 0 saturated carbocycles. The highest BCUT2D eigenvalue weighted by Gasteiger charge is 2.19. The van der Waals surface area contributed by atoms with Crippen molar-refractivity contribution in [2.24, 2.45) is 5.92 Å². The van der Waals surface area contributed by atoms with Crippen LogP contribution in [0, 0.1) is 5.92 Å². The maximum absolute atomic E-state index is 6.22. The van der Waals surface area contributed by atoms with Gasteiger partial charge in [0.25, 0.3) is 0 Å². The highest BCUT2D eigenvalue weighted by atomic mass is 35.5. The van der Waals surface area contributed by atoms with Crippen LogP contribution in [0.4, 0.5) is 0 Å². The maximum Gasteiger partial charge on any atom is 0.0587 e. The minimum Gasteiger partial charge on any atom is -0.383 e. The van der Waals surface area contributed by atoms with E-state index in [1.54, 1.807) is 7.11 Å². The monoisotopic (exact) mass is 296 g/mol. The van der Waals surface area contributed by atoms with Crippen molar-refractivity contribution in [3.63, 3.8) is 0 Å². The number of benzene rings is 1. The zero-order valence-corrected chi connectivity index (χ0v) is 13.0. The molecule has 3 nitrogen and oxygen atoms in total. The largest absolute Gasteiger partial charge is 0.383 e. The number of likely N-dealkylation sites (tertiary alicyclic amines) is 1. The number of hydrogen-bond donors (Lipinski definition) is 1. The van der Waals surface area contributed by atoms with Crippen LogP contribution in [0.15, 0.2) is 24.3 Å². The smallest absolute Gasteiger partial charge is 0.0587 e. The summed E-state index contributed by atoms with van der Waals surface area (Å²) in [6.45, 7) is 6.18. The van der Waals surface area contributed by atoms with Crippen molar-refractivity contribution in [2.45, 2.75) is 19.4 Å². The number of ether oxygens (including phenoxy) is 1. The molecule has 0 unspecified atom stereocenters. The third-order valence-corrected chi connectivity index (χ3v) is 4.34. The van der Waals surface area contributed by atoms with Gasteiger partial charge in [-0.2, -0.15) is 0 Å². The second-order valence-corrected chi connectivity index (χ2v) is 5.92. The lowest BCUT2D eigenvalue weighted by Gasteiger charge is -2.32. The van der Waals surface area contributed by atoms with Crippen LogP contribution in [0.5, 0.6) is 0 Å². The van der Waals surface area contributed by atoms with Gasteiger partial charge in [-0.1, -0.05) is 29.8 Å². The van der Waals surface area contributed by atoms with Gasteiger partial charge in [0.2, 0.25) is 0 Å². The van der Waals surface area contributed by atoms with E-state index in [1.165, 1.54) is 31.5 Å². The highest BCUT2D eigenvalue weighted by Crippen LogP contribution is 2.21. The fraction of sp³-hybridized carbons (Fsp3) is 0.625. The van der Waals surface area contributed by atoms with Crippen LogP contribution >= 0.6 is 11.6 Å². The molecule has 1 aliphatic heterocycles. The summed E-state index contributed by atoms with van der Waals surface area (Å²) in [4.78, 5) is 2.51. The Balaban J connectivity index is 1.68. The minimum absolute atomic E-state index is 0.797. The first-order chi connectivity index (χ1) is 9.79. The summed E-state index contributed by atoms with van der Waals surface area (Å²) >= 11 is 6.22. The van der Waals surface area contributed by atoms with Gasteiger partial charge in [0, 0.05) is 25.2 Å². The molecule has 20 heavy (non-hydrogen) atoms. The topological polar surface area (TPSA) is 24.5 Å². The molecule has 0 aromatic heterocycles. The number of piperidine rings is 1. The van der Waals surface area contributed by atoms with E-state index in [2.05, 4.69) is 22.3 Å². The number of rotatable bonds is 7. The van der Waals surface area contributed by atoms with Crippen LogP contribution in [-0.2, 0) is 11.3 Å². The predicted molar refractivity (Wildman–Crippen MR) is 84.2 cm³/mol. The second-order valence-electron chi connectivity index (χ2n) is 5.51. The number of methoxy groups -OCH3 is 1. The first-order valence-electron chi connectivity index (χ1n) is 7.45. The fourth-order valence-electron chi connectivity index (χ4n) is 2.70. The van der Waals surface area contributed by atoms with E-state index in [0.29, 0.717) is 0 Å². The Morgan fingerprint density at radius 3 is 2.75 bits per heavy atom. The summed E-state index contributed by atoms with van der Waals surface area (Å²) in [5.74, 6) is 0.800. The number of halogens is 1. The van der Waals surface area contributed by atoms with Crippen molar-refractivity contribution in [1.82, 2.24) is 10.2 Å². The SMILES string of the molecule is COCCNCC1CCN(Cc2ccccc2Cl)CC1. The number of hydrogen-bond acceptors (Lipinski definition) is 3.